The van der Waals surface area contributed by atoms with Crippen molar-refractivity contribution < 1.29 is 9.47 Å². The van der Waals surface area contributed by atoms with Gasteiger partial charge in [0.1, 0.15) is 5.69 Å². The number of nitrogen functional groups attached to an aromatic ring is 1. The van der Waals surface area contributed by atoms with E-state index in [0.717, 1.165) is 5.69 Å². The van der Waals surface area contributed by atoms with Gasteiger partial charge in [-0.1, -0.05) is 11.6 Å². The highest BCUT2D eigenvalue weighted by Crippen LogP contribution is 2.43. The van der Waals surface area contributed by atoms with Gasteiger partial charge in [-0.3, -0.25) is 0 Å². The summed E-state index contributed by atoms with van der Waals surface area (Å²) in [5.41, 5.74) is 6.93. The molecule has 0 bridgehead atoms. The summed E-state index contributed by atoms with van der Waals surface area (Å²) in [6.07, 6.45) is 0. The second-order valence-electron chi connectivity index (χ2n) is 2.64. The standard InChI is InChI=1S/C9H13ClN2O2/c1-12-6-4-5(10)8(13-2)7(11)9(6)14-3/h4,12H,11H2,1-3H3. The molecule has 1 rings (SSSR count). The number of halogens is 1. The lowest BCUT2D eigenvalue weighted by atomic mass is 10.2. The van der Waals surface area contributed by atoms with Gasteiger partial charge in [0, 0.05) is 7.05 Å². The molecule has 0 saturated carbocycles. The third kappa shape index (κ3) is 1.65. The van der Waals surface area contributed by atoms with Crippen LogP contribution in [0.2, 0.25) is 5.02 Å². The highest BCUT2D eigenvalue weighted by atomic mass is 35.5. The minimum Gasteiger partial charge on any atom is -0.493 e. The summed E-state index contributed by atoms with van der Waals surface area (Å²) in [7, 11) is 4.82. The van der Waals surface area contributed by atoms with Crippen molar-refractivity contribution in [1.82, 2.24) is 0 Å². The van der Waals surface area contributed by atoms with Crippen molar-refractivity contribution in [2.24, 2.45) is 0 Å². The zero-order valence-corrected chi connectivity index (χ0v) is 9.11. The molecular formula is C9H13ClN2O2. The molecule has 1 aromatic carbocycles. The summed E-state index contributed by atoms with van der Waals surface area (Å²) in [5.74, 6) is 0.969. The fourth-order valence-electron chi connectivity index (χ4n) is 1.25. The Hall–Kier alpha value is -1.29. The van der Waals surface area contributed by atoms with E-state index in [4.69, 9.17) is 26.8 Å². The lowest BCUT2D eigenvalue weighted by Gasteiger charge is -2.14. The van der Waals surface area contributed by atoms with Crippen LogP contribution in [0.4, 0.5) is 11.4 Å². The molecule has 5 heteroatoms. The van der Waals surface area contributed by atoms with Gasteiger partial charge in [-0.2, -0.15) is 0 Å². The summed E-state index contributed by atoms with van der Waals surface area (Å²) in [6, 6.07) is 1.70. The number of ether oxygens (including phenoxy) is 2. The van der Waals surface area contributed by atoms with Crippen LogP contribution in [0.1, 0.15) is 0 Å². The quantitative estimate of drug-likeness (QED) is 0.759. The van der Waals surface area contributed by atoms with E-state index in [2.05, 4.69) is 5.32 Å². The van der Waals surface area contributed by atoms with Gasteiger partial charge in [0.05, 0.1) is 24.9 Å². The second-order valence-corrected chi connectivity index (χ2v) is 3.04. The first-order valence-corrected chi connectivity index (χ1v) is 4.41. The Morgan fingerprint density at radius 2 is 1.86 bits per heavy atom. The average Bonchev–Trinajstić information content (AvgIpc) is 2.17. The third-order valence-electron chi connectivity index (χ3n) is 1.90. The molecule has 3 N–H and O–H groups in total. The Morgan fingerprint density at radius 3 is 2.29 bits per heavy atom. The first kappa shape index (κ1) is 10.8. The average molecular weight is 217 g/mol. The molecule has 0 atom stereocenters. The largest absolute Gasteiger partial charge is 0.493 e. The van der Waals surface area contributed by atoms with E-state index in [1.807, 2.05) is 0 Å². The van der Waals surface area contributed by atoms with E-state index in [0.29, 0.717) is 22.2 Å². The van der Waals surface area contributed by atoms with Crippen LogP contribution in [0.25, 0.3) is 0 Å². The number of rotatable bonds is 3. The van der Waals surface area contributed by atoms with Crippen molar-refractivity contribution in [1.29, 1.82) is 0 Å². The zero-order chi connectivity index (χ0) is 10.7. The van der Waals surface area contributed by atoms with Crippen LogP contribution in [-0.4, -0.2) is 21.3 Å². The topological polar surface area (TPSA) is 56.5 Å². The summed E-state index contributed by atoms with van der Waals surface area (Å²) in [4.78, 5) is 0. The monoisotopic (exact) mass is 216 g/mol. The molecule has 4 nitrogen and oxygen atoms in total. The zero-order valence-electron chi connectivity index (χ0n) is 8.35. The molecule has 78 valence electrons. The first-order valence-electron chi connectivity index (χ1n) is 4.03. The fourth-order valence-corrected chi connectivity index (χ4v) is 1.54. The van der Waals surface area contributed by atoms with Crippen LogP contribution in [0.15, 0.2) is 6.07 Å². The van der Waals surface area contributed by atoms with E-state index in [1.54, 1.807) is 20.2 Å². The first-order chi connectivity index (χ1) is 6.65. The van der Waals surface area contributed by atoms with Crippen molar-refractivity contribution in [3.63, 3.8) is 0 Å². The van der Waals surface area contributed by atoms with Gasteiger partial charge in [-0.25, -0.2) is 0 Å². The van der Waals surface area contributed by atoms with Gasteiger partial charge < -0.3 is 20.5 Å². The van der Waals surface area contributed by atoms with Crippen molar-refractivity contribution in [2.45, 2.75) is 0 Å². The summed E-state index contributed by atoms with van der Waals surface area (Å²) in [5, 5.41) is 3.39. The number of benzene rings is 1. The Balaban J connectivity index is 3.39. The molecule has 14 heavy (non-hydrogen) atoms. The van der Waals surface area contributed by atoms with Gasteiger partial charge in [-0.05, 0) is 6.07 Å². The van der Waals surface area contributed by atoms with Gasteiger partial charge in [0.2, 0.25) is 0 Å². The lowest BCUT2D eigenvalue weighted by Crippen LogP contribution is -2.01. The van der Waals surface area contributed by atoms with E-state index in [-0.39, 0.29) is 0 Å². The van der Waals surface area contributed by atoms with Gasteiger partial charge >= 0.3 is 0 Å². The number of hydrogen-bond donors (Lipinski definition) is 2. The lowest BCUT2D eigenvalue weighted by molar-refractivity contribution is 0.399. The number of nitrogens with two attached hydrogens (primary N) is 1. The highest BCUT2D eigenvalue weighted by molar-refractivity contribution is 6.33. The van der Waals surface area contributed by atoms with Crippen molar-refractivity contribution >= 4 is 23.0 Å². The van der Waals surface area contributed by atoms with E-state index >= 15 is 0 Å². The molecule has 0 unspecified atom stereocenters. The molecule has 0 radical (unpaired) electrons. The molecule has 0 heterocycles. The molecule has 1 aromatic rings. The minimum atomic E-state index is 0.395. The number of anilines is 2. The molecule has 0 aliphatic heterocycles. The number of hydrogen-bond acceptors (Lipinski definition) is 4. The molecule has 0 fully saturated rings. The van der Waals surface area contributed by atoms with Crippen molar-refractivity contribution in [2.75, 3.05) is 32.3 Å². The van der Waals surface area contributed by atoms with Crippen LogP contribution in [0.5, 0.6) is 11.5 Å². The Kier molecular flexibility index (Phi) is 3.30. The predicted octanol–water partition coefficient (Wildman–Crippen LogP) is 1.98. The summed E-state index contributed by atoms with van der Waals surface area (Å²) < 4.78 is 10.2. The molecule has 0 aliphatic carbocycles. The van der Waals surface area contributed by atoms with Crippen LogP contribution >= 0.6 is 11.6 Å². The van der Waals surface area contributed by atoms with Gasteiger partial charge in [0.25, 0.3) is 0 Å². The molecule has 0 aromatic heterocycles. The van der Waals surface area contributed by atoms with Gasteiger partial charge in [0.15, 0.2) is 11.5 Å². The van der Waals surface area contributed by atoms with Crippen molar-refractivity contribution in [3.8, 4) is 11.5 Å². The van der Waals surface area contributed by atoms with E-state index in [1.165, 1.54) is 7.11 Å². The Labute approximate surface area is 87.9 Å². The maximum atomic E-state index is 5.94. The van der Waals surface area contributed by atoms with E-state index in [9.17, 15) is 0 Å². The van der Waals surface area contributed by atoms with Crippen molar-refractivity contribution in [3.05, 3.63) is 11.1 Å². The third-order valence-corrected chi connectivity index (χ3v) is 2.18. The van der Waals surface area contributed by atoms with Crippen LogP contribution in [-0.2, 0) is 0 Å². The number of nitrogens with one attached hydrogen (secondary N) is 1. The predicted molar refractivity (Wildman–Crippen MR) is 58.5 cm³/mol. The molecule has 0 amide bonds. The normalized spacial score (nSPS) is 9.71. The Morgan fingerprint density at radius 1 is 1.29 bits per heavy atom. The minimum absolute atomic E-state index is 0.395. The summed E-state index contributed by atoms with van der Waals surface area (Å²) in [6.45, 7) is 0. The SMILES string of the molecule is CNc1cc(Cl)c(OC)c(N)c1OC. The maximum absolute atomic E-state index is 5.94. The molecule has 0 saturated heterocycles. The van der Waals surface area contributed by atoms with Crippen LogP contribution in [0, 0.1) is 0 Å². The summed E-state index contributed by atoms with van der Waals surface area (Å²) >= 11 is 5.94. The molecule has 0 aliphatic rings. The van der Waals surface area contributed by atoms with E-state index < -0.39 is 0 Å². The Bertz CT molecular complexity index is 342. The second kappa shape index (κ2) is 4.28. The number of methoxy groups -OCH3 is 2. The molecule has 0 spiro atoms. The maximum Gasteiger partial charge on any atom is 0.168 e. The smallest absolute Gasteiger partial charge is 0.168 e. The fraction of sp³-hybridized carbons (Fsp3) is 0.333. The van der Waals surface area contributed by atoms with Crippen LogP contribution < -0.4 is 20.5 Å². The van der Waals surface area contributed by atoms with Crippen LogP contribution in [0.3, 0.4) is 0 Å². The molecular weight excluding hydrogens is 204 g/mol. The van der Waals surface area contributed by atoms with Gasteiger partial charge in [-0.15, -0.1) is 0 Å². The highest BCUT2D eigenvalue weighted by Gasteiger charge is 2.15.